The summed E-state index contributed by atoms with van der Waals surface area (Å²) in [4.78, 5) is 43.2. The average Bonchev–Trinajstić information content (AvgIpc) is 3.25. The predicted octanol–water partition coefficient (Wildman–Crippen LogP) is 4.44. The summed E-state index contributed by atoms with van der Waals surface area (Å²) in [6.07, 6.45) is 4.72. The maximum Gasteiger partial charge on any atom is 0.266 e. The number of hydrogen-bond acceptors (Lipinski definition) is 4. The van der Waals surface area contributed by atoms with Crippen molar-refractivity contribution < 1.29 is 14.4 Å². The summed E-state index contributed by atoms with van der Waals surface area (Å²) < 4.78 is 1.77. The molecular weight excluding hydrogens is 428 g/mol. The van der Waals surface area contributed by atoms with Gasteiger partial charge in [-0.2, -0.15) is 0 Å². The first kappa shape index (κ1) is 19.7. The number of aromatic nitrogens is 2. The number of imidazole rings is 1. The number of nitrogens with zero attached hydrogens (tertiary/aromatic N) is 3. The van der Waals surface area contributed by atoms with Crippen molar-refractivity contribution >= 4 is 52.4 Å². The number of imide groups is 1. The van der Waals surface area contributed by atoms with Crippen LogP contribution < -0.4 is 10.2 Å². The second-order valence-electron chi connectivity index (χ2n) is 7.08. The third-order valence-corrected chi connectivity index (χ3v) is 5.36. The lowest BCUT2D eigenvalue weighted by Gasteiger charge is -2.15. The Kier molecular flexibility index (Phi) is 4.80. The molecule has 0 saturated heterocycles. The zero-order valence-corrected chi connectivity index (χ0v) is 17.3. The van der Waals surface area contributed by atoms with E-state index in [1.165, 1.54) is 6.08 Å². The van der Waals surface area contributed by atoms with Crippen molar-refractivity contribution in [3.63, 3.8) is 0 Å². The van der Waals surface area contributed by atoms with Gasteiger partial charge in [0, 0.05) is 18.0 Å². The topological polar surface area (TPSA) is 83.8 Å². The standard InChI is InChI=1S/C24H15ClN4O3/c25-22-19(28-13-4-3-10-20(28)27-22)11-12-21(30)26-15-6-5-7-16(14-15)29-23(31)17-8-1-2-9-18(17)24(29)32/h1-14H,(H,26,30)/b12-11+. The number of pyridine rings is 1. The third-order valence-electron chi connectivity index (χ3n) is 5.08. The van der Waals surface area contributed by atoms with Gasteiger partial charge in [0.05, 0.1) is 22.5 Å². The van der Waals surface area contributed by atoms with Crippen molar-refractivity contribution in [2.24, 2.45) is 0 Å². The van der Waals surface area contributed by atoms with Gasteiger partial charge in [0.25, 0.3) is 11.8 Å². The zero-order chi connectivity index (χ0) is 22.2. The van der Waals surface area contributed by atoms with Gasteiger partial charge in [0.1, 0.15) is 5.65 Å². The van der Waals surface area contributed by atoms with E-state index in [9.17, 15) is 14.4 Å². The lowest BCUT2D eigenvalue weighted by atomic mass is 10.1. The van der Waals surface area contributed by atoms with Gasteiger partial charge in [-0.05, 0) is 48.5 Å². The highest BCUT2D eigenvalue weighted by molar-refractivity contribution is 6.34. The molecule has 1 aliphatic rings. The van der Waals surface area contributed by atoms with Gasteiger partial charge < -0.3 is 5.32 Å². The summed E-state index contributed by atoms with van der Waals surface area (Å²) in [7, 11) is 0. The largest absolute Gasteiger partial charge is 0.322 e. The molecule has 0 saturated carbocycles. The Bertz CT molecular complexity index is 1410. The fraction of sp³-hybridized carbons (Fsp3) is 0. The normalized spacial score (nSPS) is 13.2. The van der Waals surface area contributed by atoms with Gasteiger partial charge in [-0.1, -0.05) is 35.9 Å². The van der Waals surface area contributed by atoms with E-state index in [0.29, 0.717) is 33.8 Å². The number of amides is 3. The van der Waals surface area contributed by atoms with Crippen LogP contribution in [0.1, 0.15) is 26.4 Å². The van der Waals surface area contributed by atoms with Crippen LogP contribution in [0, 0.1) is 0 Å². The zero-order valence-electron chi connectivity index (χ0n) is 16.5. The monoisotopic (exact) mass is 442 g/mol. The Morgan fingerprint density at radius 1 is 0.938 bits per heavy atom. The molecule has 4 aromatic rings. The molecule has 3 heterocycles. The lowest BCUT2D eigenvalue weighted by Crippen LogP contribution is -2.29. The minimum atomic E-state index is -0.397. The summed E-state index contributed by atoms with van der Waals surface area (Å²) >= 11 is 6.19. The van der Waals surface area contributed by atoms with Gasteiger partial charge in [0.2, 0.25) is 5.91 Å². The maximum absolute atomic E-state index is 12.7. The van der Waals surface area contributed by atoms with Crippen LogP contribution in [0.25, 0.3) is 11.7 Å². The second-order valence-corrected chi connectivity index (χ2v) is 7.44. The molecule has 0 bridgehead atoms. The average molecular weight is 443 g/mol. The van der Waals surface area contributed by atoms with E-state index in [2.05, 4.69) is 10.3 Å². The number of rotatable bonds is 4. The summed E-state index contributed by atoms with van der Waals surface area (Å²) in [6.45, 7) is 0. The molecule has 2 aromatic heterocycles. The van der Waals surface area contributed by atoms with Crippen LogP contribution in [0.15, 0.2) is 79.0 Å². The van der Waals surface area contributed by atoms with Crippen LogP contribution >= 0.6 is 11.6 Å². The first-order valence-corrected chi connectivity index (χ1v) is 10.1. The Morgan fingerprint density at radius 2 is 1.66 bits per heavy atom. The highest BCUT2D eigenvalue weighted by Gasteiger charge is 2.36. The van der Waals surface area contributed by atoms with E-state index in [-0.39, 0.29) is 5.15 Å². The number of carbonyl (C=O) groups excluding carboxylic acids is 3. The van der Waals surface area contributed by atoms with Gasteiger partial charge in [-0.3, -0.25) is 18.8 Å². The number of carbonyl (C=O) groups is 3. The molecule has 5 rings (SSSR count). The minimum absolute atomic E-state index is 0.285. The third kappa shape index (κ3) is 3.34. The quantitative estimate of drug-likeness (QED) is 0.374. The highest BCUT2D eigenvalue weighted by Crippen LogP contribution is 2.29. The van der Waals surface area contributed by atoms with E-state index in [1.54, 1.807) is 65.2 Å². The summed E-state index contributed by atoms with van der Waals surface area (Å²) in [5, 5.41) is 3.02. The Hall–Kier alpha value is -4.23. The smallest absolute Gasteiger partial charge is 0.266 e. The van der Waals surface area contributed by atoms with E-state index in [1.807, 2.05) is 18.2 Å². The lowest BCUT2D eigenvalue weighted by molar-refractivity contribution is -0.111. The Balaban J connectivity index is 1.36. The van der Waals surface area contributed by atoms with Crippen LogP contribution in [0.3, 0.4) is 0 Å². The fourth-order valence-corrected chi connectivity index (χ4v) is 3.86. The molecule has 32 heavy (non-hydrogen) atoms. The predicted molar refractivity (Wildman–Crippen MR) is 122 cm³/mol. The maximum atomic E-state index is 12.7. The van der Waals surface area contributed by atoms with E-state index in [4.69, 9.17) is 11.6 Å². The van der Waals surface area contributed by atoms with E-state index >= 15 is 0 Å². The molecule has 156 valence electrons. The molecule has 0 radical (unpaired) electrons. The molecule has 0 unspecified atom stereocenters. The number of nitrogens with one attached hydrogen (secondary N) is 1. The first-order valence-electron chi connectivity index (χ1n) is 9.72. The summed E-state index contributed by atoms with van der Waals surface area (Å²) in [5.41, 5.74) is 2.80. The number of hydrogen-bond donors (Lipinski definition) is 1. The molecular formula is C24H15ClN4O3. The van der Waals surface area contributed by atoms with Crippen molar-refractivity contribution in [3.8, 4) is 0 Å². The van der Waals surface area contributed by atoms with Crippen molar-refractivity contribution in [2.75, 3.05) is 10.2 Å². The highest BCUT2D eigenvalue weighted by atomic mass is 35.5. The molecule has 3 amide bonds. The fourth-order valence-electron chi connectivity index (χ4n) is 3.62. The Labute approximate surface area is 187 Å². The van der Waals surface area contributed by atoms with Crippen molar-refractivity contribution in [3.05, 3.63) is 101 Å². The number of fused-ring (bicyclic) bond motifs is 2. The van der Waals surface area contributed by atoms with Crippen LogP contribution in [-0.2, 0) is 4.79 Å². The van der Waals surface area contributed by atoms with Crippen LogP contribution in [-0.4, -0.2) is 27.1 Å². The molecule has 0 fully saturated rings. The van der Waals surface area contributed by atoms with Gasteiger partial charge >= 0.3 is 0 Å². The number of anilines is 2. The second kappa shape index (κ2) is 7.79. The molecule has 7 nitrogen and oxygen atoms in total. The van der Waals surface area contributed by atoms with Gasteiger partial charge in [-0.25, -0.2) is 9.88 Å². The van der Waals surface area contributed by atoms with E-state index in [0.717, 1.165) is 4.90 Å². The molecule has 0 atom stereocenters. The first-order chi connectivity index (χ1) is 15.5. The molecule has 1 aliphatic heterocycles. The number of benzene rings is 2. The van der Waals surface area contributed by atoms with Crippen LogP contribution in [0.4, 0.5) is 11.4 Å². The van der Waals surface area contributed by atoms with Crippen molar-refractivity contribution in [1.29, 1.82) is 0 Å². The molecule has 1 N–H and O–H groups in total. The molecule has 8 heteroatoms. The molecule has 0 aliphatic carbocycles. The van der Waals surface area contributed by atoms with Gasteiger partial charge in [-0.15, -0.1) is 0 Å². The van der Waals surface area contributed by atoms with Crippen LogP contribution in [0.5, 0.6) is 0 Å². The Morgan fingerprint density at radius 3 is 2.41 bits per heavy atom. The summed E-state index contributed by atoms with van der Waals surface area (Å²) in [6, 6.07) is 18.7. The SMILES string of the molecule is O=C(/C=C/c1c(Cl)nc2ccccn12)Nc1cccc(N2C(=O)c3ccccc3C2=O)c1. The van der Waals surface area contributed by atoms with Crippen LogP contribution in [0.2, 0.25) is 5.15 Å². The minimum Gasteiger partial charge on any atom is -0.322 e. The van der Waals surface area contributed by atoms with Gasteiger partial charge in [0.15, 0.2) is 5.15 Å². The number of halogens is 1. The summed E-state index contributed by atoms with van der Waals surface area (Å²) in [5.74, 6) is -1.18. The van der Waals surface area contributed by atoms with Crippen molar-refractivity contribution in [2.45, 2.75) is 0 Å². The van der Waals surface area contributed by atoms with Crippen molar-refractivity contribution in [1.82, 2.24) is 9.38 Å². The van der Waals surface area contributed by atoms with E-state index < -0.39 is 17.7 Å². The molecule has 2 aromatic carbocycles. The molecule has 0 spiro atoms.